The average Bonchev–Trinajstić information content (AvgIpc) is 2.00. The van der Waals surface area contributed by atoms with Gasteiger partial charge in [-0.2, -0.15) is 11.8 Å². The first-order chi connectivity index (χ1) is 5.22. The number of allylic oxidation sites excluding steroid dienone is 1. The molecule has 0 radical (unpaired) electrons. The summed E-state index contributed by atoms with van der Waals surface area (Å²) >= 11 is 1.71. The Balaban J connectivity index is 3.54. The van der Waals surface area contributed by atoms with E-state index in [0.717, 1.165) is 12.2 Å². The van der Waals surface area contributed by atoms with Crippen molar-refractivity contribution in [1.82, 2.24) is 0 Å². The second-order valence-corrected chi connectivity index (χ2v) is 3.33. The topological polar surface area (TPSA) is 43.1 Å². The fourth-order valence-corrected chi connectivity index (χ4v) is 1.19. The summed E-state index contributed by atoms with van der Waals surface area (Å²) in [5.41, 5.74) is 5.58. The van der Waals surface area contributed by atoms with E-state index in [2.05, 4.69) is 6.58 Å². The number of thioether (sulfide) groups is 1. The Morgan fingerprint density at radius 2 is 2.45 bits per heavy atom. The number of nitrogens with two attached hydrogens (primary N) is 1. The van der Waals surface area contributed by atoms with Crippen LogP contribution in [0.3, 0.4) is 0 Å². The van der Waals surface area contributed by atoms with Gasteiger partial charge in [0.2, 0.25) is 0 Å². The molecule has 0 aliphatic heterocycles. The molecule has 0 bridgehead atoms. The van der Waals surface area contributed by atoms with Gasteiger partial charge in [0.1, 0.15) is 0 Å². The molecule has 0 aromatic rings. The first kappa shape index (κ1) is 10.7. The minimum Gasteiger partial charge on any atom is -0.321 e. The van der Waals surface area contributed by atoms with Crippen LogP contribution in [-0.4, -0.2) is 23.8 Å². The molecule has 0 saturated heterocycles. The van der Waals surface area contributed by atoms with Crippen molar-refractivity contribution in [2.75, 3.05) is 12.0 Å². The Labute approximate surface area is 72.2 Å². The molecule has 0 amide bonds. The zero-order valence-electron chi connectivity index (χ0n) is 6.88. The van der Waals surface area contributed by atoms with Crippen LogP contribution in [0.4, 0.5) is 0 Å². The van der Waals surface area contributed by atoms with Crippen molar-refractivity contribution in [2.45, 2.75) is 18.9 Å². The van der Waals surface area contributed by atoms with Crippen molar-refractivity contribution in [3.8, 4) is 0 Å². The highest BCUT2D eigenvalue weighted by atomic mass is 32.2. The summed E-state index contributed by atoms with van der Waals surface area (Å²) in [6.07, 6.45) is 4.77. The monoisotopic (exact) mass is 173 g/mol. The molecule has 0 heterocycles. The summed E-state index contributed by atoms with van der Waals surface area (Å²) in [5, 5.41) is 0. The maximum atomic E-state index is 11.0. The molecule has 11 heavy (non-hydrogen) atoms. The standard InChI is InChI=1S/C8H15NOS/c1-3-4-8(10)7(9)5-6-11-2/h3,7H,1,4-6,9H2,2H3/t7-/m0/s1. The number of Topliss-reactive ketones (excluding diaryl/α,β-unsaturated/α-hetero) is 1. The smallest absolute Gasteiger partial charge is 0.153 e. The second-order valence-electron chi connectivity index (χ2n) is 2.35. The van der Waals surface area contributed by atoms with Crippen LogP contribution in [0.1, 0.15) is 12.8 Å². The second kappa shape index (κ2) is 6.43. The van der Waals surface area contributed by atoms with E-state index in [4.69, 9.17) is 5.73 Å². The van der Waals surface area contributed by atoms with Gasteiger partial charge in [-0.15, -0.1) is 6.58 Å². The Morgan fingerprint density at radius 3 is 2.91 bits per heavy atom. The molecule has 0 fully saturated rings. The average molecular weight is 173 g/mol. The van der Waals surface area contributed by atoms with E-state index in [1.165, 1.54) is 0 Å². The number of carbonyl (C=O) groups is 1. The molecule has 0 spiro atoms. The Bertz CT molecular complexity index is 136. The van der Waals surface area contributed by atoms with Crippen molar-refractivity contribution < 1.29 is 4.79 Å². The Morgan fingerprint density at radius 1 is 1.82 bits per heavy atom. The number of hydrogen-bond acceptors (Lipinski definition) is 3. The molecule has 0 aromatic carbocycles. The SMILES string of the molecule is C=CCC(=O)[C@@H](N)CCSC. The zero-order valence-corrected chi connectivity index (χ0v) is 7.69. The Kier molecular flexibility index (Phi) is 6.27. The summed E-state index contributed by atoms with van der Waals surface area (Å²) in [7, 11) is 0. The molecule has 2 N–H and O–H groups in total. The molecule has 1 atom stereocenters. The molecule has 0 aliphatic rings. The lowest BCUT2D eigenvalue weighted by Gasteiger charge is -2.06. The van der Waals surface area contributed by atoms with Crippen LogP contribution in [0.25, 0.3) is 0 Å². The minimum atomic E-state index is -0.291. The van der Waals surface area contributed by atoms with E-state index in [0.29, 0.717) is 6.42 Å². The van der Waals surface area contributed by atoms with E-state index >= 15 is 0 Å². The van der Waals surface area contributed by atoms with Crippen LogP contribution in [0.5, 0.6) is 0 Å². The van der Waals surface area contributed by atoms with Gasteiger partial charge in [-0.3, -0.25) is 4.79 Å². The fraction of sp³-hybridized carbons (Fsp3) is 0.625. The predicted octanol–water partition coefficient (Wildman–Crippen LogP) is 1.21. The lowest BCUT2D eigenvalue weighted by Crippen LogP contribution is -2.30. The highest BCUT2D eigenvalue weighted by Gasteiger charge is 2.09. The van der Waals surface area contributed by atoms with Gasteiger partial charge in [-0.05, 0) is 18.4 Å². The quantitative estimate of drug-likeness (QED) is 0.614. The fourth-order valence-electron chi connectivity index (χ4n) is 0.699. The first-order valence-electron chi connectivity index (χ1n) is 3.60. The van der Waals surface area contributed by atoms with Gasteiger partial charge in [0.05, 0.1) is 6.04 Å². The summed E-state index contributed by atoms with van der Waals surface area (Å²) in [6, 6.07) is -0.291. The van der Waals surface area contributed by atoms with E-state index in [1.807, 2.05) is 6.26 Å². The lowest BCUT2D eigenvalue weighted by atomic mass is 10.1. The molecular weight excluding hydrogens is 158 g/mol. The van der Waals surface area contributed by atoms with Crippen LogP contribution >= 0.6 is 11.8 Å². The van der Waals surface area contributed by atoms with Gasteiger partial charge in [0, 0.05) is 6.42 Å². The van der Waals surface area contributed by atoms with E-state index < -0.39 is 0 Å². The largest absolute Gasteiger partial charge is 0.321 e. The number of rotatable bonds is 6. The van der Waals surface area contributed by atoms with Crippen LogP contribution < -0.4 is 5.73 Å². The minimum absolute atomic E-state index is 0.0917. The van der Waals surface area contributed by atoms with Crippen molar-refractivity contribution in [2.24, 2.45) is 5.73 Å². The third-order valence-corrected chi connectivity index (χ3v) is 2.04. The molecule has 0 aromatic heterocycles. The van der Waals surface area contributed by atoms with Crippen LogP contribution in [0.2, 0.25) is 0 Å². The lowest BCUT2D eigenvalue weighted by molar-refractivity contribution is -0.119. The van der Waals surface area contributed by atoms with E-state index in [-0.39, 0.29) is 11.8 Å². The number of carbonyl (C=O) groups excluding carboxylic acids is 1. The summed E-state index contributed by atoms with van der Waals surface area (Å²) < 4.78 is 0. The van der Waals surface area contributed by atoms with Gasteiger partial charge in [-0.1, -0.05) is 6.08 Å². The van der Waals surface area contributed by atoms with E-state index in [9.17, 15) is 4.79 Å². The van der Waals surface area contributed by atoms with Crippen molar-refractivity contribution in [1.29, 1.82) is 0 Å². The van der Waals surface area contributed by atoms with Gasteiger partial charge >= 0.3 is 0 Å². The normalized spacial score (nSPS) is 12.5. The maximum absolute atomic E-state index is 11.0. The molecular formula is C8H15NOS. The predicted molar refractivity (Wildman–Crippen MR) is 50.8 cm³/mol. The molecule has 0 rings (SSSR count). The highest BCUT2D eigenvalue weighted by molar-refractivity contribution is 7.98. The Hall–Kier alpha value is -0.280. The van der Waals surface area contributed by atoms with Gasteiger partial charge in [0.25, 0.3) is 0 Å². The van der Waals surface area contributed by atoms with Crippen LogP contribution in [-0.2, 0) is 4.79 Å². The number of ketones is 1. The third-order valence-electron chi connectivity index (χ3n) is 1.39. The van der Waals surface area contributed by atoms with E-state index in [1.54, 1.807) is 17.8 Å². The number of hydrogen-bond donors (Lipinski definition) is 1. The van der Waals surface area contributed by atoms with Crippen molar-refractivity contribution in [3.63, 3.8) is 0 Å². The molecule has 3 heteroatoms. The first-order valence-corrected chi connectivity index (χ1v) is 5.00. The van der Waals surface area contributed by atoms with Gasteiger partial charge in [0.15, 0.2) is 5.78 Å². The summed E-state index contributed by atoms with van der Waals surface area (Å²) in [4.78, 5) is 11.0. The van der Waals surface area contributed by atoms with Crippen molar-refractivity contribution in [3.05, 3.63) is 12.7 Å². The van der Waals surface area contributed by atoms with Crippen LogP contribution in [0.15, 0.2) is 12.7 Å². The summed E-state index contributed by atoms with van der Waals surface area (Å²) in [6.45, 7) is 3.48. The maximum Gasteiger partial charge on any atom is 0.153 e. The van der Waals surface area contributed by atoms with Crippen LogP contribution in [0, 0.1) is 0 Å². The van der Waals surface area contributed by atoms with Gasteiger partial charge in [-0.25, -0.2) is 0 Å². The summed E-state index contributed by atoms with van der Waals surface area (Å²) in [5.74, 6) is 1.04. The zero-order chi connectivity index (χ0) is 8.69. The van der Waals surface area contributed by atoms with Gasteiger partial charge < -0.3 is 5.73 Å². The molecule has 0 saturated carbocycles. The molecule has 0 unspecified atom stereocenters. The molecule has 0 aliphatic carbocycles. The molecule has 2 nitrogen and oxygen atoms in total. The van der Waals surface area contributed by atoms with Crippen molar-refractivity contribution >= 4 is 17.5 Å². The highest BCUT2D eigenvalue weighted by Crippen LogP contribution is 2.01. The third kappa shape index (κ3) is 5.04. The molecule has 64 valence electrons.